The number of hydrogen-bond acceptors (Lipinski definition) is 3. The second-order valence-electron chi connectivity index (χ2n) is 4.77. The van der Waals surface area contributed by atoms with Crippen LogP contribution in [0.4, 0.5) is 5.95 Å². The Labute approximate surface area is 105 Å². The standard InChI is InChI=1S/C13H17N3O2/c1-8(2)7-11(12(17)18)16-13-14-9-5-3-4-6-10(9)15-13/h3-6,8,11H,7H2,1-2H3,(H,17,18)(H2,14,15,16)/t11-/m0/s1. The first-order valence-electron chi connectivity index (χ1n) is 6.00. The zero-order valence-corrected chi connectivity index (χ0v) is 10.5. The maximum absolute atomic E-state index is 11.2. The van der Waals surface area contributed by atoms with Gasteiger partial charge in [-0.3, -0.25) is 0 Å². The Balaban J connectivity index is 2.17. The molecule has 0 spiro atoms. The van der Waals surface area contributed by atoms with Crippen molar-refractivity contribution in [2.45, 2.75) is 26.3 Å². The Morgan fingerprint density at radius 1 is 1.44 bits per heavy atom. The minimum atomic E-state index is -0.857. The van der Waals surface area contributed by atoms with E-state index in [1.165, 1.54) is 0 Å². The number of nitrogens with zero attached hydrogens (tertiary/aromatic N) is 1. The Morgan fingerprint density at radius 2 is 2.17 bits per heavy atom. The van der Waals surface area contributed by atoms with Gasteiger partial charge in [0.1, 0.15) is 6.04 Å². The molecule has 0 aliphatic rings. The molecule has 2 rings (SSSR count). The van der Waals surface area contributed by atoms with E-state index in [0.717, 1.165) is 11.0 Å². The number of rotatable bonds is 5. The van der Waals surface area contributed by atoms with Crippen molar-refractivity contribution in [1.82, 2.24) is 9.97 Å². The lowest BCUT2D eigenvalue weighted by Crippen LogP contribution is -2.31. The van der Waals surface area contributed by atoms with Crippen molar-refractivity contribution in [3.05, 3.63) is 24.3 Å². The van der Waals surface area contributed by atoms with Crippen LogP contribution in [0.15, 0.2) is 24.3 Å². The number of carboxylic acids is 1. The van der Waals surface area contributed by atoms with Gasteiger partial charge in [0.15, 0.2) is 0 Å². The molecule has 0 fully saturated rings. The molecule has 0 aliphatic carbocycles. The highest BCUT2D eigenvalue weighted by Gasteiger charge is 2.19. The monoisotopic (exact) mass is 247 g/mol. The number of anilines is 1. The molecular weight excluding hydrogens is 230 g/mol. The van der Waals surface area contributed by atoms with Crippen molar-refractivity contribution in [2.75, 3.05) is 5.32 Å². The van der Waals surface area contributed by atoms with E-state index < -0.39 is 12.0 Å². The molecule has 1 atom stereocenters. The summed E-state index contributed by atoms with van der Waals surface area (Å²) in [7, 11) is 0. The van der Waals surface area contributed by atoms with Gasteiger partial charge >= 0.3 is 5.97 Å². The van der Waals surface area contributed by atoms with E-state index in [-0.39, 0.29) is 0 Å². The minimum Gasteiger partial charge on any atom is -0.480 e. The fraction of sp³-hybridized carbons (Fsp3) is 0.385. The van der Waals surface area contributed by atoms with E-state index in [2.05, 4.69) is 15.3 Å². The van der Waals surface area contributed by atoms with Gasteiger partial charge in [0.2, 0.25) is 5.95 Å². The smallest absolute Gasteiger partial charge is 0.326 e. The number of para-hydroxylation sites is 2. The molecule has 0 radical (unpaired) electrons. The van der Waals surface area contributed by atoms with Gasteiger partial charge in [-0.25, -0.2) is 9.78 Å². The van der Waals surface area contributed by atoms with Crippen LogP contribution in [0.5, 0.6) is 0 Å². The van der Waals surface area contributed by atoms with Crippen LogP contribution in [0, 0.1) is 5.92 Å². The predicted octanol–water partition coefficient (Wildman–Crippen LogP) is 2.47. The largest absolute Gasteiger partial charge is 0.480 e. The van der Waals surface area contributed by atoms with E-state index in [1.54, 1.807) is 0 Å². The van der Waals surface area contributed by atoms with Gasteiger partial charge in [0.25, 0.3) is 0 Å². The number of H-pyrrole nitrogens is 1. The van der Waals surface area contributed by atoms with Crippen LogP contribution in [0.3, 0.4) is 0 Å². The van der Waals surface area contributed by atoms with Crippen LogP contribution < -0.4 is 5.32 Å². The molecule has 0 saturated heterocycles. The van der Waals surface area contributed by atoms with Gasteiger partial charge in [-0.15, -0.1) is 0 Å². The molecule has 5 nitrogen and oxygen atoms in total. The summed E-state index contributed by atoms with van der Waals surface area (Å²) in [5, 5.41) is 12.1. The van der Waals surface area contributed by atoms with Gasteiger partial charge in [0.05, 0.1) is 11.0 Å². The molecule has 96 valence electrons. The van der Waals surface area contributed by atoms with Crippen LogP contribution in [0.2, 0.25) is 0 Å². The molecular formula is C13H17N3O2. The molecule has 2 aromatic rings. The third-order valence-corrected chi connectivity index (χ3v) is 2.71. The van der Waals surface area contributed by atoms with Gasteiger partial charge in [-0.1, -0.05) is 26.0 Å². The SMILES string of the molecule is CC(C)C[C@H](Nc1nc2ccccc2[nH]1)C(=O)O. The summed E-state index contributed by atoms with van der Waals surface area (Å²) < 4.78 is 0. The normalized spacial score (nSPS) is 12.8. The highest BCUT2D eigenvalue weighted by Crippen LogP contribution is 2.16. The van der Waals surface area contributed by atoms with Crippen LogP contribution in [0.25, 0.3) is 11.0 Å². The third kappa shape index (κ3) is 2.80. The van der Waals surface area contributed by atoms with Crippen molar-refractivity contribution < 1.29 is 9.90 Å². The molecule has 1 aromatic carbocycles. The number of carboxylic acid groups (broad SMARTS) is 1. The first-order valence-corrected chi connectivity index (χ1v) is 6.00. The highest BCUT2D eigenvalue weighted by atomic mass is 16.4. The molecule has 0 unspecified atom stereocenters. The minimum absolute atomic E-state index is 0.308. The zero-order chi connectivity index (χ0) is 13.1. The number of aromatic nitrogens is 2. The van der Waals surface area contributed by atoms with Crippen molar-refractivity contribution in [3.63, 3.8) is 0 Å². The molecule has 0 bridgehead atoms. The van der Waals surface area contributed by atoms with Crippen molar-refractivity contribution in [2.24, 2.45) is 5.92 Å². The maximum atomic E-state index is 11.2. The molecule has 1 aromatic heterocycles. The van der Waals surface area contributed by atoms with Crippen LogP contribution in [0.1, 0.15) is 20.3 Å². The first kappa shape index (κ1) is 12.4. The number of fused-ring (bicyclic) bond motifs is 1. The maximum Gasteiger partial charge on any atom is 0.326 e. The Bertz CT molecular complexity index is 515. The molecule has 18 heavy (non-hydrogen) atoms. The number of hydrogen-bond donors (Lipinski definition) is 3. The first-order chi connectivity index (χ1) is 8.56. The summed E-state index contributed by atoms with van der Waals surface area (Å²) in [5.74, 6) is -0.0450. The second-order valence-corrected chi connectivity index (χ2v) is 4.77. The summed E-state index contributed by atoms with van der Waals surface area (Å²) in [6, 6.07) is 6.98. The predicted molar refractivity (Wildman–Crippen MR) is 70.6 cm³/mol. The molecule has 0 amide bonds. The number of aliphatic carboxylic acids is 1. The quantitative estimate of drug-likeness (QED) is 0.758. The average molecular weight is 247 g/mol. The number of imidazole rings is 1. The lowest BCUT2D eigenvalue weighted by molar-refractivity contribution is -0.138. The number of carbonyl (C=O) groups is 1. The number of benzene rings is 1. The number of nitrogens with one attached hydrogen (secondary N) is 2. The van der Waals surface area contributed by atoms with Gasteiger partial charge in [0, 0.05) is 0 Å². The van der Waals surface area contributed by atoms with Crippen LogP contribution >= 0.6 is 0 Å². The molecule has 5 heteroatoms. The second kappa shape index (κ2) is 5.08. The summed E-state index contributed by atoms with van der Waals surface area (Å²) in [5.41, 5.74) is 1.72. The van der Waals surface area contributed by atoms with E-state index in [0.29, 0.717) is 18.3 Å². The Kier molecular flexibility index (Phi) is 3.50. The van der Waals surface area contributed by atoms with Crippen molar-refractivity contribution >= 4 is 23.0 Å². The Hall–Kier alpha value is -2.04. The third-order valence-electron chi connectivity index (χ3n) is 2.71. The van der Waals surface area contributed by atoms with Crippen molar-refractivity contribution in [3.8, 4) is 0 Å². The summed E-state index contributed by atoms with van der Waals surface area (Å²) in [6.07, 6.45) is 0.562. The Morgan fingerprint density at radius 3 is 2.78 bits per heavy atom. The van der Waals surface area contributed by atoms with Crippen molar-refractivity contribution in [1.29, 1.82) is 0 Å². The molecule has 0 saturated carbocycles. The van der Waals surface area contributed by atoms with Gasteiger partial charge in [-0.05, 0) is 24.5 Å². The summed E-state index contributed by atoms with van der Waals surface area (Å²) in [6.45, 7) is 3.99. The average Bonchev–Trinajstić information content (AvgIpc) is 2.69. The molecule has 3 N–H and O–H groups in total. The topological polar surface area (TPSA) is 78.0 Å². The number of aromatic amines is 1. The van der Waals surface area contributed by atoms with Gasteiger partial charge < -0.3 is 15.4 Å². The summed E-state index contributed by atoms with van der Waals surface area (Å²) >= 11 is 0. The lowest BCUT2D eigenvalue weighted by Gasteiger charge is -2.15. The van der Waals surface area contributed by atoms with E-state index in [4.69, 9.17) is 5.11 Å². The fourth-order valence-corrected chi connectivity index (χ4v) is 1.88. The van der Waals surface area contributed by atoms with E-state index >= 15 is 0 Å². The van der Waals surface area contributed by atoms with Crippen LogP contribution in [-0.2, 0) is 4.79 Å². The van der Waals surface area contributed by atoms with Gasteiger partial charge in [-0.2, -0.15) is 0 Å². The fourth-order valence-electron chi connectivity index (χ4n) is 1.88. The highest BCUT2D eigenvalue weighted by molar-refractivity contribution is 5.80. The zero-order valence-electron chi connectivity index (χ0n) is 10.5. The molecule has 1 heterocycles. The summed E-state index contributed by atoms with van der Waals surface area (Å²) in [4.78, 5) is 18.5. The van der Waals surface area contributed by atoms with Crippen LogP contribution in [-0.4, -0.2) is 27.1 Å². The molecule has 0 aliphatic heterocycles. The van der Waals surface area contributed by atoms with E-state index in [9.17, 15) is 4.79 Å². The van der Waals surface area contributed by atoms with E-state index in [1.807, 2.05) is 38.1 Å². The lowest BCUT2D eigenvalue weighted by atomic mass is 10.0.